The van der Waals surface area contributed by atoms with E-state index in [1.54, 1.807) is 24.3 Å². The van der Waals surface area contributed by atoms with Crippen molar-refractivity contribution >= 4 is 17.6 Å². The van der Waals surface area contributed by atoms with E-state index in [1.165, 1.54) is 14.0 Å². The minimum atomic E-state index is -0.828. The van der Waals surface area contributed by atoms with Crippen molar-refractivity contribution in [3.05, 3.63) is 29.8 Å². The molecule has 0 amide bonds. The zero-order valence-corrected chi connectivity index (χ0v) is 8.44. The highest BCUT2D eigenvalue weighted by molar-refractivity contribution is 5.94. The lowest BCUT2D eigenvalue weighted by Crippen LogP contribution is -2.10. The Morgan fingerprint density at radius 3 is 2.27 bits per heavy atom. The van der Waals surface area contributed by atoms with Gasteiger partial charge in [0.25, 0.3) is 0 Å². The average Bonchev–Trinajstić information content (AvgIpc) is 2.26. The summed E-state index contributed by atoms with van der Waals surface area (Å²) in [7, 11) is 1.21. The summed E-state index contributed by atoms with van der Waals surface area (Å²) >= 11 is 0. The molecular weight excluding hydrogens is 198 g/mol. The van der Waals surface area contributed by atoms with Crippen LogP contribution in [-0.4, -0.2) is 19.0 Å². The first kappa shape index (κ1) is 11.0. The van der Waals surface area contributed by atoms with E-state index in [-0.39, 0.29) is 5.78 Å². The highest BCUT2D eigenvalue weighted by Crippen LogP contribution is 2.09. The molecule has 0 aliphatic heterocycles. The lowest BCUT2D eigenvalue weighted by molar-refractivity contribution is 0.0913. The Morgan fingerprint density at radius 2 is 1.80 bits per heavy atom. The molecule has 0 atom stereocenters. The van der Waals surface area contributed by atoms with E-state index >= 15 is 0 Å². The Balaban J connectivity index is 2.57. The van der Waals surface area contributed by atoms with E-state index in [2.05, 4.69) is 15.1 Å². The predicted octanol–water partition coefficient (Wildman–Crippen LogP) is 2.00. The molecule has 0 fully saturated rings. The maximum Gasteiger partial charge on any atom is 0.532 e. The number of rotatable bonds is 3. The minimum absolute atomic E-state index is 0.0181. The summed E-state index contributed by atoms with van der Waals surface area (Å²) in [5.74, 6) is -0.0181. The van der Waals surface area contributed by atoms with Crippen molar-refractivity contribution in [2.24, 2.45) is 0 Å². The van der Waals surface area contributed by atoms with Gasteiger partial charge in [0, 0.05) is 5.56 Å². The molecule has 0 heterocycles. The molecule has 0 saturated carbocycles. The second-order valence-corrected chi connectivity index (χ2v) is 2.79. The third-order valence-corrected chi connectivity index (χ3v) is 1.71. The first-order valence-corrected chi connectivity index (χ1v) is 4.25. The van der Waals surface area contributed by atoms with Crippen LogP contribution in [0.25, 0.3) is 0 Å². The number of Topliss-reactive ketones (excluding diaryl/α,β-unsaturated/α-hetero) is 1. The summed E-state index contributed by atoms with van der Waals surface area (Å²) < 4.78 is 4.26. The van der Waals surface area contributed by atoms with E-state index in [0.717, 1.165) is 0 Å². The Labute approximate surface area is 86.9 Å². The molecule has 0 radical (unpaired) electrons. The summed E-state index contributed by atoms with van der Waals surface area (Å²) in [5, 5.41) is 0. The number of carbonyl (C=O) groups excluding carboxylic acids is 2. The SMILES string of the molecule is COC(=O)ONc1ccc(C(C)=O)cc1. The second kappa shape index (κ2) is 4.99. The number of hydrogen-bond donors (Lipinski definition) is 1. The van der Waals surface area contributed by atoms with Gasteiger partial charge in [0.05, 0.1) is 12.8 Å². The average molecular weight is 209 g/mol. The highest BCUT2D eigenvalue weighted by Gasteiger charge is 2.02. The molecule has 0 spiro atoms. The Hall–Kier alpha value is -2.04. The van der Waals surface area contributed by atoms with Gasteiger partial charge < -0.3 is 9.57 Å². The van der Waals surface area contributed by atoms with Crippen LogP contribution in [0.15, 0.2) is 24.3 Å². The van der Waals surface area contributed by atoms with Crippen LogP contribution in [0.5, 0.6) is 0 Å². The number of anilines is 1. The Kier molecular flexibility index (Phi) is 3.68. The topological polar surface area (TPSA) is 64.6 Å². The van der Waals surface area contributed by atoms with E-state index in [4.69, 9.17) is 0 Å². The van der Waals surface area contributed by atoms with Gasteiger partial charge in [-0.05, 0) is 31.2 Å². The molecule has 0 saturated heterocycles. The number of benzene rings is 1. The fraction of sp³-hybridized carbons (Fsp3) is 0.200. The van der Waals surface area contributed by atoms with Crippen LogP contribution >= 0.6 is 0 Å². The monoisotopic (exact) mass is 209 g/mol. The molecule has 15 heavy (non-hydrogen) atoms. The molecule has 1 rings (SSSR count). The van der Waals surface area contributed by atoms with Crippen LogP contribution in [-0.2, 0) is 9.57 Å². The lowest BCUT2D eigenvalue weighted by atomic mass is 10.1. The number of ether oxygens (including phenoxy) is 1. The van der Waals surface area contributed by atoms with Crippen molar-refractivity contribution in [2.75, 3.05) is 12.6 Å². The molecule has 1 N–H and O–H groups in total. The standard InChI is InChI=1S/C10H11NO4/c1-7(12)8-3-5-9(6-4-8)11-15-10(13)14-2/h3-6,11H,1-2H3. The van der Waals surface area contributed by atoms with Crippen LogP contribution in [0.2, 0.25) is 0 Å². The van der Waals surface area contributed by atoms with Crippen molar-refractivity contribution in [1.82, 2.24) is 0 Å². The smallest absolute Gasteiger partial charge is 0.436 e. The van der Waals surface area contributed by atoms with E-state index < -0.39 is 6.16 Å². The lowest BCUT2D eigenvalue weighted by Gasteiger charge is -2.05. The third-order valence-electron chi connectivity index (χ3n) is 1.71. The largest absolute Gasteiger partial charge is 0.532 e. The van der Waals surface area contributed by atoms with Crippen molar-refractivity contribution < 1.29 is 19.2 Å². The Bertz CT molecular complexity index is 358. The van der Waals surface area contributed by atoms with Crippen LogP contribution in [0, 0.1) is 0 Å². The fourth-order valence-electron chi connectivity index (χ4n) is 0.915. The molecular formula is C10H11NO4. The molecule has 0 aliphatic rings. The van der Waals surface area contributed by atoms with E-state index in [0.29, 0.717) is 11.3 Å². The molecule has 0 bridgehead atoms. The van der Waals surface area contributed by atoms with Gasteiger partial charge in [0.2, 0.25) is 0 Å². The predicted molar refractivity (Wildman–Crippen MR) is 53.6 cm³/mol. The molecule has 1 aromatic carbocycles. The maximum absolute atomic E-state index is 10.9. The molecule has 80 valence electrons. The molecule has 1 aromatic rings. The van der Waals surface area contributed by atoms with Gasteiger partial charge in [-0.3, -0.25) is 4.79 Å². The van der Waals surface area contributed by atoms with Crippen LogP contribution in [0.3, 0.4) is 0 Å². The van der Waals surface area contributed by atoms with Gasteiger partial charge in [0.1, 0.15) is 0 Å². The van der Waals surface area contributed by atoms with Crippen molar-refractivity contribution in [1.29, 1.82) is 0 Å². The molecule has 5 heteroatoms. The van der Waals surface area contributed by atoms with E-state index in [1.807, 2.05) is 0 Å². The number of hydrogen-bond acceptors (Lipinski definition) is 5. The third kappa shape index (κ3) is 3.30. The zero-order chi connectivity index (χ0) is 11.3. The van der Waals surface area contributed by atoms with Crippen molar-refractivity contribution in [3.8, 4) is 0 Å². The highest BCUT2D eigenvalue weighted by atomic mass is 16.8. The summed E-state index contributed by atoms with van der Waals surface area (Å²) in [5.41, 5.74) is 3.53. The maximum atomic E-state index is 10.9. The van der Waals surface area contributed by atoms with Gasteiger partial charge in [-0.15, -0.1) is 0 Å². The van der Waals surface area contributed by atoms with Gasteiger partial charge in [-0.25, -0.2) is 10.3 Å². The number of ketones is 1. The number of methoxy groups -OCH3 is 1. The van der Waals surface area contributed by atoms with Gasteiger partial charge in [-0.1, -0.05) is 0 Å². The van der Waals surface area contributed by atoms with Crippen molar-refractivity contribution in [2.45, 2.75) is 6.92 Å². The Morgan fingerprint density at radius 1 is 1.20 bits per heavy atom. The summed E-state index contributed by atoms with van der Waals surface area (Å²) in [4.78, 5) is 26.0. The van der Waals surface area contributed by atoms with Crippen LogP contribution in [0.1, 0.15) is 17.3 Å². The summed E-state index contributed by atoms with van der Waals surface area (Å²) in [6.45, 7) is 1.48. The van der Waals surface area contributed by atoms with Gasteiger partial charge in [-0.2, -0.15) is 0 Å². The normalized spacial score (nSPS) is 9.20. The van der Waals surface area contributed by atoms with Gasteiger partial charge >= 0.3 is 6.16 Å². The minimum Gasteiger partial charge on any atom is -0.436 e. The molecule has 5 nitrogen and oxygen atoms in total. The number of carbonyl (C=O) groups is 2. The second-order valence-electron chi connectivity index (χ2n) is 2.79. The summed E-state index contributed by atoms with van der Waals surface area (Å²) in [6.07, 6.45) is -0.828. The fourth-order valence-corrected chi connectivity index (χ4v) is 0.915. The van der Waals surface area contributed by atoms with Gasteiger partial charge in [0.15, 0.2) is 5.78 Å². The molecule has 0 aromatic heterocycles. The summed E-state index contributed by atoms with van der Waals surface area (Å²) in [6, 6.07) is 6.51. The van der Waals surface area contributed by atoms with E-state index in [9.17, 15) is 9.59 Å². The molecule has 0 unspecified atom stereocenters. The van der Waals surface area contributed by atoms with Crippen LogP contribution < -0.4 is 5.48 Å². The zero-order valence-electron chi connectivity index (χ0n) is 8.44. The first-order chi connectivity index (χ1) is 7.13. The van der Waals surface area contributed by atoms with Crippen molar-refractivity contribution in [3.63, 3.8) is 0 Å². The number of nitrogens with one attached hydrogen (secondary N) is 1. The first-order valence-electron chi connectivity index (χ1n) is 4.25. The molecule has 0 aliphatic carbocycles. The quantitative estimate of drug-likeness (QED) is 0.468. The van der Waals surface area contributed by atoms with Crippen LogP contribution in [0.4, 0.5) is 10.5 Å².